The molecule has 0 aliphatic carbocycles. The third kappa shape index (κ3) is 2.92. The molecule has 1 aliphatic rings. The smallest absolute Gasteiger partial charge is 0.273 e. The summed E-state index contributed by atoms with van der Waals surface area (Å²) in [4.78, 5) is 10.5. The summed E-state index contributed by atoms with van der Waals surface area (Å²) in [6.07, 6.45) is 0.725. The molecule has 0 saturated carbocycles. The zero-order valence-electron chi connectivity index (χ0n) is 12.1. The second-order valence-corrected chi connectivity index (χ2v) is 7.33. The molecule has 0 bridgehead atoms. The average Bonchev–Trinajstić information content (AvgIpc) is 2.90. The molecule has 1 aliphatic heterocycles. The molecule has 1 unspecified atom stereocenters. The number of nitrogens with two attached hydrogens (primary N) is 1. The van der Waals surface area contributed by atoms with E-state index in [0.29, 0.717) is 30.8 Å². The van der Waals surface area contributed by atoms with Crippen molar-refractivity contribution >= 4 is 15.7 Å². The average molecular weight is 313 g/mol. The number of benzene rings is 1. The lowest BCUT2D eigenvalue weighted by atomic mass is 10.1. The number of hydrogen-bond acceptors (Lipinski definition) is 5. The van der Waals surface area contributed by atoms with Crippen molar-refractivity contribution in [2.24, 2.45) is 11.7 Å². The first-order valence-corrected chi connectivity index (χ1v) is 8.17. The molecule has 1 fully saturated rings. The van der Waals surface area contributed by atoms with E-state index in [1.54, 1.807) is 13.8 Å². The molecule has 1 aromatic rings. The van der Waals surface area contributed by atoms with Gasteiger partial charge in [0.1, 0.15) is 0 Å². The molecule has 1 aromatic carbocycles. The molecule has 8 heteroatoms. The summed E-state index contributed by atoms with van der Waals surface area (Å²) in [5.74, 6) is 0.154. The van der Waals surface area contributed by atoms with Crippen LogP contribution in [0.4, 0.5) is 5.69 Å². The fourth-order valence-corrected chi connectivity index (χ4v) is 4.14. The fourth-order valence-electron chi connectivity index (χ4n) is 2.50. The number of nitro groups is 1. The van der Waals surface area contributed by atoms with Crippen LogP contribution < -0.4 is 5.73 Å². The molecule has 0 radical (unpaired) electrons. The molecule has 1 heterocycles. The molecule has 1 atom stereocenters. The van der Waals surface area contributed by atoms with E-state index in [9.17, 15) is 18.5 Å². The Kier molecular flexibility index (Phi) is 4.31. The quantitative estimate of drug-likeness (QED) is 0.663. The molecule has 21 heavy (non-hydrogen) atoms. The third-order valence-electron chi connectivity index (χ3n) is 4.03. The summed E-state index contributed by atoms with van der Waals surface area (Å²) < 4.78 is 26.6. The summed E-state index contributed by atoms with van der Waals surface area (Å²) >= 11 is 0. The monoisotopic (exact) mass is 313 g/mol. The lowest BCUT2D eigenvalue weighted by molar-refractivity contribution is -0.385. The minimum absolute atomic E-state index is 0.0185. The van der Waals surface area contributed by atoms with Crippen LogP contribution in [-0.2, 0) is 10.0 Å². The fraction of sp³-hybridized carbons (Fsp3) is 0.538. The van der Waals surface area contributed by atoms with Crippen LogP contribution in [0, 0.1) is 29.9 Å². The second-order valence-electron chi connectivity index (χ2n) is 5.39. The van der Waals surface area contributed by atoms with Crippen molar-refractivity contribution in [2.75, 3.05) is 19.6 Å². The van der Waals surface area contributed by atoms with Crippen LogP contribution >= 0.6 is 0 Å². The normalized spacial score (nSPS) is 19.9. The predicted molar refractivity (Wildman–Crippen MR) is 78.5 cm³/mol. The molecule has 7 nitrogen and oxygen atoms in total. The third-order valence-corrected chi connectivity index (χ3v) is 5.87. The van der Waals surface area contributed by atoms with E-state index in [2.05, 4.69) is 0 Å². The highest BCUT2D eigenvalue weighted by Crippen LogP contribution is 2.29. The SMILES string of the molecule is Cc1cc(S(=O)(=O)N2CCC(CN)C2)cc([N+](=O)[O-])c1C. The molecular weight excluding hydrogens is 294 g/mol. The van der Waals surface area contributed by atoms with Crippen LogP contribution in [0.15, 0.2) is 17.0 Å². The van der Waals surface area contributed by atoms with Gasteiger partial charge in [0.05, 0.1) is 9.82 Å². The van der Waals surface area contributed by atoms with Crippen molar-refractivity contribution in [1.82, 2.24) is 4.31 Å². The van der Waals surface area contributed by atoms with E-state index in [-0.39, 0.29) is 16.5 Å². The first-order valence-electron chi connectivity index (χ1n) is 6.73. The highest BCUT2D eigenvalue weighted by atomic mass is 32.2. The van der Waals surface area contributed by atoms with E-state index >= 15 is 0 Å². The van der Waals surface area contributed by atoms with E-state index in [1.165, 1.54) is 10.4 Å². The van der Waals surface area contributed by atoms with E-state index < -0.39 is 14.9 Å². The van der Waals surface area contributed by atoms with Crippen molar-refractivity contribution in [2.45, 2.75) is 25.2 Å². The van der Waals surface area contributed by atoms with Gasteiger partial charge in [-0.1, -0.05) is 0 Å². The van der Waals surface area contributed by atoms with Gasteiger partial charge in [-0.25, -0.2) is 8.42 Å². The lowest BCUT2D eigenvalue weighted by Gasteiger charge is -2.17. The van der Waals surface area contributed by atoms with Gasteiger partial charge >= 0.3 is 0 Å². The Morgan fingerprint density at radius 3 is 2.62 bits per heavy atom. The van der Waals surface area contributed by atoms with Gasteiger partial charge in [0.25, 0.3) is 5.69 Å². The number of aryl methyl sites for hydroxylation is 1. The molecule has 1 saturated heterocycles. The van der Waals surface area contributed by atoms with Crippen molar-refractivity contribution in [3.05, 3.63) is 33.4 Å². The van der Waals surface area contributed by atoms with Crippen LogP contribution in [-0.4, -0.2) is 37.3 Å². The highest BCUT2D eigenvalue weighted by molar-refractivity contribution is 7.89. The first-order chi connectivity index (χ1) is 9.77. The van der Waals surface area contributed by atoms with Gasteiger partial charge in [-0.05, 0) is 44.4 Å². The molecule has 0 aromatic heterocycles. The van der Waals surface area contributed by atoms with Crippen molar-refractivity contribution < 1.29 is 13.3 Å². The van der Waals surface area contributed by atoms with Gasteiger partial charge in [0.2, 0.25) is 10.0 Å². The number of nitro benzene ring substituents is 1. The maximum atomic E-state index is 12.6. The Bertz CT molecular complexity index is 672. The van der Waals surface area contributed by atoms with Gasteiger partial charge in [-0.15, -0.1) is 0 Å². The Balaban J connectivity index is 2.44. The number of sulfonamides is 1. The number of rotatable bonds is 4. The van der Waals surface area contributed by atoms with Crippen LogP contribution in [0.3, 0.4) is 0 Å². The molecule has 2 rings (SSSR count). The van der Waals surface area contributed by atoms with E-state index in [4.69, 9.17) is 5.73 Å². The van der Waals surface area contributed by atoms with Crippen LogP contribution in [0.5, 0.6) is 0 Å². The summed E-state index contributed by atoms with van der Waals surface area (Å²) in [5, 5.41) is 11.1. The highest BCUT2D eigenvalue weighted by Gasteiger charge is 2.33. The zero-order chi connectivity index (χ0) is 15.8. The Labute approximate surface area is 123 Å². The first kappa shape index (κ1) is 15.9. The Hall–Kier alpha value is -1.51. The molecule has 0 amide bonds. The zero-order valence-corrected chi connectivity index (χ0v) is 12.9. The maximum Gasteiger partial charge on any atom is 0.273 e. The van der Waals surface area contributed by atoms with Crippen LogP contribution in [0.1, 0.15) is 17.5 Å². The summed E-state index contributed by atoms with van der Waals surface area (Å²) in [6.45, 7) is 4.52. The summed E-state index contributed by atoms with van der Waals surface area (Å²) in [6, 6.07) is 2.64. The Morgan fingerprint density at radius 1 is 1.43 bits per heavy atom. The summed E-state index contributed by atoms with van der Waals surface area (Å²) in [5.41, 5.74) is 6.49. The minimum atomic E-state index is -3.70. The predicted octanol–water partition coefficient (Wildman–Crippen LogP) is 1.18. The maximum absolute atomic E-state index is 12.6. The Morgan fingerprint density at radius 2 is 2.10 bits per heavy atom. The van der Waals surface area contributed by atoms with Gasteiger partial charge in [-0.2, -0.15) is 4.31 Å². The molecule has 2 N–H and O–H groups in total. The van der Waals surface area contributed by atoms with Gasteiger partial charge in [0, 0.05) is 24.7 Å². The summed E-state index contributed by atoms with van der Waals surface area (Å²) in [7, 11) is -3.70. The largest absolute Gasteiger partial charge is 0.330 e. The van der Waals surface area contributed by atoms with E-state index in [1.807, 2.05) is 0 Å². The van der Waals surface area contributed by atoms with Gasteiger partial charge < -0.3 is 5.73 Å². The van der Waals surface area contributed by atoms with Gasteiger partial charge in [0.15, 0.2) is 0 Å². The number of nitrogens with zero attached hydrogens (tertiary/aromatic N) is 2. The minimum Gasteiger partial charge on any atom is -0.330 e. The molecule has 116 valence electrons. The standard InChI is InChI=1S/C13H19N3O4S/c1-9-5-12(6-13(10(9)2)16(17)18)21(19,20)15-4-3-11(7-14)8-15/h5-6,11H,3-4,7-8,14H2,1-2H3. The topological polar surface area (TPSA) is 107 Å². The second kappa shape index (κ2) is 5.70. The van der Waals surface area contributed by atoms with Crippen molar-refractivity contribution in [1.29, 1.82) is 0 Å². The lowest BCUT2D eigenvalue weighted by Crippen LogP contribution is -2.30. The molecule has 0 spiro atoms. The number of hydrogen-bond donors (Lipinski definition) is 1. The van der Waals surface area contributed by atoms with Crippen LogP contribution in [0.2, 0.25) is 0 Å². The van der Waals surface area contributed by atoms with Crippen LogP contribution in [0.25, 0.3) is 0 Å². The molecular formula is C13H19N3O4S. The van der Waals surface area contributed by atoms with E-state index in [0.717, 1.165) is 12.5 Å². The van der Waals surface area contributed by atoms with Crippen molar-refractivity contribution in [3.8, 4) is 0 Å². The van der Waals surface area contributed by atoms with Crippen molar-refractivity contribution in [3.63, 3.8) is 0 Å². The van der Waals surface area contributed by atoms with Gasteiger partial charge in [-0.3, -0.25) is 10.1 Å².